The molecular weight excluding hydrogens is 345 g/mol. The van der Waals surface area contributed by atoms with Crippen LogP contribution in [0.15, 0.2) is 22.7 Å². The van der Waals surface area contributed by atoms with Gasteiger partial charge in [-0.1, -0.05) is 12.1 Å². The van der Waals surface area contributed by atoms with Crippen LogP contribution in [0.25, 0.3) is 11.5 Å². The molecular formula is C16H18FN5O4. The lowest BCUT2D eigenvalue weighted by Gasteiger charge is -2.13. The largest absolute Gasteiger partial charge is 0.442 e. The molecule has 10 heteroatoms. The Morgan fingerprint density at radius 2 is 2.27 bits per heavy atom. The molecule has 9 nitrogen and oxygen atoms in total. The van der Waals surface area contributed by atoms with Crippen molar-refractivity contribution >= 4 is 17.8 Å². The van der Waals surface area contributed by atoms with Crippen LogP contribution < -0.4 is 15.5 Å². The van der Waals surface area contributed by atoms with Crippen LogP contribution in [0.3, 0.4) is 0 Å². The summed E-state index contributed by atoms with van der Waals surface area (Å²) in [5, 5.41) is 8.70. The number of ether oxygens (including phenoxy) is 1. The molecule has 2 heterocycles. The minimum absolute atomic E-state index is 0.0857. The predicted octanol–water partition coefficient (Wildman–Crippen LogP) is 1.69. The van der Waals surface area contributed by atoms with E-state index in [1.165, 1.54) is 24.1 Å². The van der Waals surface area contributed by atoms with Gasteiger partial charge >= 0.3 is 12.1 Å². The van der Waals surface area contributed by atoms with Crippen molar-refractivity contribution in [3.8, 4) is 11.5 Å². The molecule has 0 aliphatic carbocycles. The van der Waals surface area contributed by atoms with Gasteiger partial charge in [0, 0.05) is 13.5 Å². The van der Waals surface area contributed by atoms with Gasteiger partial charge in [0.15, 0.2) is 5.82 Å². The molecule has 1 saturated heterocycles. The van der Waals surface area contributed by atoms with Gasteiger partial charge in [-0.3, -0.25) is 4.90 Å². The zero-order chi connectivity index (χ0) is 18.7. The normalized spacial score (nSPS) is 16.5. The summed E-state index contributed by atoms with van der Waals surface area (Å²) in [4.78, 5) is 28.6. The van der Waals surface area contributed by atoms with Crippen LogP contribution in [0, 0.1) is 5.82 Å². The molecule has 1 fully saturated rings. The van der Waals surface area contributed by atoms with E-state index in [4.69, 9.17) is 9.26 Å². The van der Waals surface area contributed by atoms with Gasteiger partial charge in [0.05, 0.1) is 24.3 Å². The number of urea groups is 1. The van der Waals surface area contributed by atoms with Crippen LogP contribution in [-0.4, -0.2) is 48.5 Å². The number of nitrogens with zero attached hydrogens (tertiary/aromatic N) is 3. The molecule has 0 saturated carbocycles. The second-order valence-corrected chi connectivity index (χ2v) is 5.61. The number of hydrogen-bond acceptors (Lipinski definition) is 6. The third-order valence-corrected chi connectivity index (χ3v) is 3.87. The van der Waals surface area contributed by atoms with Gasteiger partial charge in [0.25, 0.3) is 5.89 Å². The van der Waals surface area contributed by atoms with Crippen molar-refractivity contribution in [2.45, 2.75) is 19.4 Å². The van der Waals surface area contributed by atoms with Crippen molar-refractivity contribution in [2.24, 2.45) is 0 Å². The molecule has 3 rings (SSSR count). The molecule has 1 aliphatic rings. The Morgan fingerprint density at radius 1 is 1.46 bits per heavy atom. The van der Waals surface area contributed by atoms with E-state index in [9.17, 15) is 14.0 Å². The van der Waals surface area contributed by atoms with Crippen LogP contribution in [0.5, 0.6) is 0 Å². The van der Waals surface area contributed by atoms with Crippen molar-refractivity contribution in [1.29, 1.82) is 0 Å². The van der Waals surface area contributed by atoms with Crippen molar-refractivity contribution < 1.29 is 23.2 Å². The number of benzene rings is 1. The van der Waals surface area contributed by atoms with Crippen LogP contribution >= 0.6 is 0 Å². The average molecular weight is 363 g/mol. The van der Waals surface area contributed by atoms with E-state index in [2.05, 4.69) is 20.8 Å². The number of halogens is 1. The van der Waals surface area contributed by atoms with Gasteiger partial charge in [0.2, 0.25) is 0 Å². The smallest absolute Gasteiger partial charge is 0.414 e. The van der Waals surface area contributed by atoms with Gasteiger partial charge in [-0.15, -0.1) is 0 Å². The lowest BCUT2D eigenvalue weighted by atomic mass is 10.1. The molecule has 1 atom stereocenters. The average Bonchev–Trinajstić information content (AvgIpc) is 3.26. The SMILES string of the molecule is CCc1noc(-c2ccc(N3CC(CNC(=O)NC)OC3=O)cc2F)n1. The highest BCUT2D eigenvalue weighted by atomic mass is 19.1. The number of nitrogens with one attached hydrogen (secondary N) is 2. The molecule has 1 unspecified atom stereocenters. The summed E-state index contributed by atoms with van der Waals surface area (Å²) in [7, 11) is 1.49. The maximum absolute atomic E-state index is 14.5. The summed E-state index contributed by atoms with van der Waals surface area (Å²) in [6.07, 6.45) is -0.550. The second kappa shape index (κ2) is 7.38. The van der Waals surface area contributed by atoms with Crippen LogP contribution in [-0.2, 0) is 11.2 Å². The maximum atomic E-state index is 14.5. The molecule has 2 aromatic rings. The Bertz CT molecular complexity index is 825. The summed E-state index contributed by atoms with van der Waals surface area (Å²) in [6.45, 7) is 2.22. The van der Waals surface area contributed by atoms with Gasteiger partial charge in [0.1, 0.15) is 11.9 Å². The van der Waals surface area contributed by atoms with Crippen molar-refractivity contribution in [2.75, 3.05) is 25.0 Å². The van der Waals surface area contributed by atoms with Gasteiger partial charge < -0.3 is 19.9 Å². The highest BCUT2D eigenvalue weighted by Gasteiger charge is 2.33. The fraction of sp³-hybridized carbons (Fsp3) is 0.375. The Labute approximate surface area is 148 Å². The number of anilines is 1. The lowest BCUT2D eigenvalue weighted by molar-refractivity contribution is 0.140. The number of aryl methyl sites for hydroxylation is 1. The van der Waals surface area contributed by atoms with Crippen molar-refractivity contribution in [1.82, 2.24) is 20.8 Å². The monoisotopic (exact) mass is 363 g/mol. The summed E-state index contributed by atoms with van der Waals surface area (Å²) in [5.41, 5.74) is 0.500. The number of aromatic nitrogens is 2. The quantitative estimate of drug-likeness (QED) is 0.837. The van der Waals surface area contributed by atoms with E-state index in [1.807, 2.05) is 6.92 Å². The van der Waals surface area contributed by atoms with E-state index in [0.29, 0.717) is 17.9 Å². The Balaban J connectivity index is 1.72. The molecule has 3 amide bonds. The Hall–Kier alpha value is -3.17. The summed E-state index contributed by atoms with van der Waals surface area (Å²) in [6, 6.07) is 3.88. The van der Waals surface area contributed by atoms with Crippen LogP contribution in [0.2, 0.25) is 0 Å². The highest BCUT2D eigenvalue weighted by molar-refractivity contribution is 5.90. The fourth-order valence-corrected chi connectivity index (χ4v) is 2.49. The third-order valence-electron chi connectivity index (χ3n) is 3.87. The first-order valence-corrected chi connectivity index (χ1v) is 8.08. The van der Waals surface area contributed by atoms with Gasteiger partial charge in [-0.25, -0.2) is 14.0 Å². The highest BCUT2D eigenvalue weighted by Crippen LogP contribution is 2.28. The molecule has 26 heavy (non-hydrogen) atoms. The summed E-state index contributed by atoms with van der Waals surface area (Å²) in [5.74, 6) is -0.0193. The first-order valence-electron chi connectivity index (χ1n) is 8.08. The minimum atomic E-state index is -0.605. The minimum Gasteiger partial charge on any atom is -0.442 e. The second-order valence-electron chi connectivity index (χ2n) is 5.61. The van der Waals surface area contributed by atoms with E-state index < -0.39 is 18.0 Å². The molecule has 1 aliphatic heterocycles. The van der Waals surface area contributed by atoms with E-state index in [-0.39, 0.29) is 30.6 Å². The molecule has 1 aromatic heterocycles. The molecule has 2 N–H and O–H groups in total. The Kier molecular flexibility index (Phi) is 5.01. The van der Waals surface area contributed by atoms with Crippen molar-refractivity contribution in [3.63, 3.8) is 0 Å². The number of cyclic esters (lactones) is 1. The number of carbonyl (C=O) groups excluding carboxylic acids is 2. The predicted molar refractivity (Wildman–Crippen MR) is 89.1 cm³/mol. The molecule has 1 aromatic carbocycles. The van der Waals surface area contributed by atoms with Gasteiger partial charge in [-0.2, -0.15) is 4.98 Å². The molecule has 138 valence electrons. The lowest BCUT2D eigenvalue weighted by Crippen LogP contribution is -2.39. The molecule has 0 radical (unpaired) electrons. The third kappa shape index (κ3) is 3.58. The zero-order valence-electron chi connectivity index (χ0n) is 14.3. The Morgan fingerprint density at radius 3 is 2.92 bits per heavy atom. The number of carbonyl (C=O) groups is 2. The first kappa shape index (κ1) is 17.6. The molecule has 0 bridgehead atoms. The van der Waals surface area contributed by atoms with Gasteiger partial charge in [-0.05, 0) is 18.2 Å². The zero-order valence-corrected chi connectivity index (χ0v) is 14.3. The standard InChI is InChI=1S/C16H18FN5O4/c1-3-13-20-14(26-21-13)11-5-4-9(6-12(11)17)22-8-10(25-16(22)24)7-19-15(23)18-2/h4-6,10H,3,7-8H2,1-2H3,(H2,18,19,23). The first-order chi connectivity index (χ1) is 12.5. The van der Waals surface area contributed by atoms with Crippen LogP contribution in [0.1, 0.15) is 12.7 Å². The maximum Gasteiger partial charge on any atom is 0.414 e. The fourth-order valence-electron chi connectivity index (χ4n) is 2.49. The summed E-state index contributed by atoms with van der Waals surface area (Å²) >= 11 is 0. The van der Waals surface area contributed by atoms with Crippen molar-refractivity contribution in [3.05, 3.63) is 29.8 Å². The van der Waals surface area contributed by atoms with E-state index in [1.54, 1.807) is 6.07 Å². The number of rotatable bonds is 5. The summed E-state index contributed by atoms with van der Waals surface area (Å²) < 4.78 is 24.7. The number of amides is 3. The molecule has 0 spiro atoms. The van der Waals surface area contributed by atoms with Crippen LogP contribution in [0.4, 0.5) is 19.7 Å². The topological polar surface area (TPSA) is 110 Å². The van der Waals surface area contributed by atoms with E-state index >= 15 is 0 Å². The number of hydrogen-bond donors (Lipinski definition) is 2. The van der Waals surface area contributed by atoms with E-state index in [0.717, 1.165) is 0 Å².